The van der Waals surface area contributed by atoms with Crippen LogP contribution in [-0.2, 0) is 0 Å². The molecular weight excluding hydrogens is 238 g/mol. The second-order valence-corrected chi connectivity index (χ2v) is 4.59. The monoisotopic (exact) mass is 260 g/mol. The number of nitrogens with one attached hydrogen (secondary N) is 2. The number of hydrazone groups is 1. The first-order chi connectivity index (χ1) is 9.38. The molecule has 0 saturated carbocycles. The van der Waals surface area contributed by atoms with Crippen LogP contribution < -0.4 is 15.2 Å². The van der Waals surface area contributed by atoms with Crippen molar-refractivity contribution >= 4 is 12.1 Å². The number of amidine groups is 1. The molecule has 0 atom stereocenters. The molecule has 0 unspecified atom stereocenters. The summed E-state index contributed by atoms with van der Waals surface area (Å²) in [5, 5.41) is 4.27. The van der Waals surface area contributed by atoms with Crippen LogP contribution in [0.2, 0.25) is 0 Å². The van der Waals surface area contributed by atoms with E-state index in [4.69, 9.17) is 4.74 Å². The van der Waals surface area contributed by atoms with Crippen molar-refractivity contribution in [1.82, 2.24) is 5.43 Å². The summed E-state index contributed by atoms with van der Waals surface area (Å²) in [6.45, 7) is 3.72. The first kappa shape index (κ1) is 13.6. The van der Waals surface area contributed by atoms with Gasteiger partial charge in [-0.1, -0.05) is 5.10 Å². The van der Waals surface area contributed by atoms with Gasteiger partial charge in [-0.3, -0.25) is 4.99 Å². The predicted molar refractivity (Wildman–Crippen MR) is 77.6 cm³/mol. The zero-order chi connectivity index (χ0) is 13.3. The first-order valence-electron chi connectivity index (χ1n) is 7.00. The highest BCUT2D eigenvalue weighted by Gasteiger charge is 2.07. The Morgan fingerprint density at radius 2 is 2.11 bits per heavy atom. The molecule has 1 heterocycles. The zero-order valence-electron chi connectivity index (χ0n) is 11.5. The molecule has 0 aromatic heterocycles. The molecule has 2 rings (SSSR count). The van der Waals surface area contributed by atoms with Crippen LogP contribution in [0.3, 0.4) is 0 Å². The fourth-order valence-corrected chi connectivity index (χ4v) is 2.03. The van der Waals surface area contributed by atoms with Gasteiger partial charge >= 0.3 is 0 Å². The van der Waals surface area contributed by atoms with Crippen molar-refractivity contribution in [3.63, 3.8) is 0 Å². The Balaban J connectivity index is 1.85. The van der Waals surface area contributed by atoms with Gasteiger partial charge in [-0.15, -0.1) is 0 Å². The molecular formula is C15H22N3O+. The van der Waals surface area contributed by atoms with E-state index in [1.54, 1.807) is 0 Å². The molecule has 4 nitrogen and oxygen atoms in total. The van der Waals surface area contributed by atoms with Crippen LogP contribution in [-0.4, -0.2) is 25.2 Å². The van der Waals surface area contributed by atoms with Gasteiger partial charge in [-0.05, 0) is 56.0 Å². The summed E-state index contributed by atoms with van der Waals surface area (Å²) in [5.41, 5.74) is 4.15. The molecule has 1 aliphatic heterocycles. The van der Waals surface area contributed by atoms with Gasteiger partial charge in [-0.25, -0.2) is 0 Å². The van der Waals surface area contributed by atoms with Crippen LogP contribution in [0.1, 0.15) is 38.2 Å². The van der Waals surface area contributed by atoms with Gasteiger partial charge in [0.2, 0.25) is 0 Å². The van der Waals surface area contributed by atoms with E-state index < -0.39 is 0 Å². The summed E-state index contributed by atoms with van der Waals surface area (Å²) < 4.78 is 5.40. The van der Waals surface area contributed by atoms with E-state index in [1.807, 2.05) is 37.4 Å². The Bertz CT molecular complexity index is 437. The Kier molecular flexibility index (Phi) is 5.41. The Labute approximate surface area is 114 Å². The van der Waals surface area contributed by atoms with Gasteiger partial charge in [0.25, 0.3) is 5.84 Å². The van der Waals surface area contributed by atoms with Gasteiger partial charge < -0.3 is 4.74 Å². The fraction of sp³-hybridized carbons (Fsp3) is 0.467. The highest BCUT2D eigenvalue weighted by Crippen LogP contribution is 2.10. The molecule has 0 spiro atoms. The number of ether oxygens (including phenoxy) is 1. The lowest BCUT2D eigenvalue weighted by molar-refractivity contribution is -0.459. The third-order valence-electron chi connectivity index (χ3n) is 3.05. The Hall–Kier alpha value is -1.84. The van der Waals surface area contributed by atoms with Crippen LogP contribution in [0.25, 0.3) is 0 Å². The molecule has 0 radical (unpaired) electrons. The summed E-state index contributed by atoms with van der Waals surface area (Å²) in [6, 6.07) is 7.92. The summed E-state index contributed by atoms with van der Waals surface area (Å²) in [7, 11) is 0. The molecule has 0 saturated heterocycles. The molecule has 0 aliphatic carbocycles. The van der Waals surface area contributed by atoms with E-state index in [1.165, 1.54) is 19.3 Å². The van der Waals surface area contributed by atoms with Gasteiger partial charge in [0.15, 0.2) is 0 Å². The van der Waals surface area contributed by atoms with Crippen molar-refractivity contribution in [2.45, 2.75) is 32.6 Å². The average Bonchev–Trinajstić information content (AvgIpc) is 2.70. The maximum absolute atomic E-state index is 5.40. The molecule has 0 fully saturated rings. The molecule has 102 valence electrons. The van der Waals surface area contributed by atoms with Crippen LogP contribution >= 0.6 is 0 Å². The molecule has 0 amide bonds. The van der Waals surface area contributed by atoms with Crippen molar-refractivity contribution in [3.8, 4) is 5.75 Å². The van der Waals surface area contributed by atoms with Crippen molar-refractivity contribution in [2.24, 2.45) is 5.10 Å². The van der Waals surface area contributed by atoms with E-state index >= 15 is 0 Å². The molecule has 1 aromatic rings. The number of rotatable bonds is 4. The third kappa shape index (κ3) is 4.73. The Morgan fingerprint density at radius 3 is 2.89 bits per heavy atom. The van der Waals surface area contributed by atoms with Gasteiger partial charge in [0.05, 0.1) is 25.8 Å². The maximum Gasteiger partial charge on any atom is 0.267 e. The lowest BCUT2D eigenvalue weighted by Crippen LogP contribution is -2.75. The summed E-state index contributed by atoms with van der Waals surface area (Å²) in [5.74, 6) is 2.02. The fourth-order valence-electron chi connectivity index (χ4n) is 2.03. The number of benzene rings is 1. The standard InChI is InChI=1S/C15H21N3O/c1-2-19-14-9-7-13(8-10-14)12-17-18-15-6-4-3-5-11-16-15/h7-10,12H,2-6,11H2,1H3,(H,16,18)/p+1/b17-12-. The van der Waals surface area contributed by atoms with Crippen LogP contribution in [0.5, 0.6) is 5.75 Å². The van der Waals surface area contributed by atoms with Gasteiger partial charge in [0, 0.05) is 0 Å². The Morgan fingerprint density at radius 1 is 1.26 bits per heavy atom. The smallest absolute Gasteiger partial charge is 0.267 e. The van der Waals surface area contributed by atoms with E-state index in [-0.39, 0.29) is 0 Å². The SMILES string of the molecule is CCOc1ccc(/C=N\NC2=[NH+]CCCCC2)cc1. The highest BCUT2D eigenvalue weighted by atomic mass is 16.5. The van der Waals surface area contributed by atoms with Crippen molar-refractivity contribution in [1.29, 1.82) is 0 Å². The normalized spacial score (nSPS) is 15.9. The molecule has 1 aromatic carbocycles. The van der Waals surface area contributed by atoms with Crippen LogP contribution in [0, 0.1) is 0 Å². The topological polar surface area (TPSA) is 47.6 Å². The van der Waals surface area contributed by atoms with E-state index in [9.17, 15) is 0 Å². The van der Waals surface area contributed by atoms with Gasteiger partial charge in [-0.2, -0.15) is 5.43 Å². The highest BCUT2D eigenvalue weighted by molar-refractivity contribution is 5.82. The number of nitrogens with zero attached hydrogens (tertiary/aromatic N) is 1. The second-order valence-electron chi connectivity index (χ2n) is 4.59. The maximum atomic E-state index is 5.40. The van der Waals surface area contributed by atoms with E-state index in [0.29, 0.717) is 6.61 Å². The molecule has 0 bridgehead atoms. The summed E-state index contributed by atoms with van der Waals surface area (Å²) in [4.78, 5) is 3.37. The second kappa shape index (κ2) is 7.56. The van der Waals surface area contributed by atoms with E-state index in [0.717, 1.165) is 30.1 Å². The van der Waals surface area contributed by atoms with Gasteiger partial charge in [0.1, 0.15) is 5.75 Å². The molecule has 19 heavy (non-hydrogen) atoms. The predicted octanol–water partition coefficient (Wildman–Crippen LogP) is 1.06. The zero-order valence-corrected chi connectivity index (χ0v) is 11.5. The minimum Gasteiger partial charge on any atom is -0.494 e. The van der Waals surface area contributed by atoms with E-state index in [2.05, 4.69) is 15.5 Å². The summed E-state index contributed by atoms with van der Waals surface area (Å²) in [6.07, 6.45) is 6.65. The molecule has 2 N–H and O–H groups in total. The largest absolute Gasteiger partial charge is 0.494 e. The van der Waals surface area contributed by atoms with Crippen molar-refractivity contribution in [2.75, 3.05) is 13.2 Å². The summed E-state index contributed by atoms with van der Waals surface area (Å²) >= 11 is 0. The minimum absolute atomic E-state index is 0.693. The third-order valence-corrected chi connectivity index (χ3v) is 3.05. The molecule has 4 heteroatoms. The lowest BCUT2D eigenvalue weighted by Gasteiger charge is -2.01. The first-order valence-corrected chi connectivity index (χ1v) is 7.00. The van der Waals surface area contributed by atoms with Crippen molar-refractivity contribution < 1.29 is 9.73 Å². The molecule has 1 aliphatic rings. The minimum atomic E-state index is 0.693. The van der Waals surface area contributed by atoms with Crippen LogP contribution in [0.4, 0.5) is 0 Å². The van der Waals surface area contributed by atoms with Crippen molar-refractivity contribution in [3.05, 3.63) is 29.8 Å². The average molecular weight is 260 g/mol. The van der Waals surface area contributed by atoms with Crippen LogP contribution in [0.15, 0.2) is 29.4 Å². The lowest BCUT2D eigenvalue weighted by atomic mass is 10.2. The number of hydrogen-bond donors (Lipinski definition) is 2. The quantitative estimate of drug-likeness (QED) is 0.628. The number of hydrogen-bond acceptors (Lipinski definition) is 3.